The molecule has 3 aromatic rings. The monoisotopic (exact) mass is 278 g/mol. The smallest absolute Gasteiger partial charge is 0.169 e. The van der Waals surface area contributed by atoms with E-state index in [1.165, 1.54) is 10.1 Å². The van der Waals surface area contributed by atoms with Gasteiger partial charge in [-0.15, -0.1) is 11.3 Å². The predicted octanol–water partition coefficient (Wildman–Crippen LogP) is 5.07. The van der Waals surface area contributed by atoms with Gasteiger partial charge in [0.15, 0.2) is 5.84 Å². The Morgan fingerprint density at radius 3 is 2.50 bits per heavy atom. The number of fused-ring (bicyclic) bond motifs is 1. The lowest BCUT2D eigenvalue weighted by atomic mass is 10.2. The van der Waals surface area contributed by atoms with Crippen molar-refractivity contribution in [3.63, 3.8) is 0 Å². The van der Waals surface area contributed by atoms with E-state index in [4.69, 9.17) is 0 Å². The normalized spacial score (nSPS) is 12.3. The summed E-state index contributed by atoms with van der Waals surface area (Å²) in [6.45, 7) is 1.91. The van der Waals surface area contributed by atoms with Gasteiger partial charge in [-0.1, -0.05) is 36.4 Å². The fourth-order valence-corrected chi connectivity index (χ4v) is 2.99. The first kappa shape index (κ1) is 12.8. The first-order chi connectivity index (χ1) is 9.86. The number of thiophene rings is 1. The number of benzene rings is 2. The minimum atomic E-state index is 0.764. The van der Waals surface area contributed by atoms with Gasteiger partial charge in [0.2, 0.25) is 0 Å². The van der Waals surface area contributed by atoms with Gasteiger partial charge in [-0.3, -0.25) is 0 Å². The van der Waals surface area contributed by atoms with Crippen molar-refractivity contribution in [1.29, 1.82) is 0 Å². The van der Waals surface area contributed by atoms with Crippen LogP contribution in [-0.4, -0.2) is 12.1 Å². The highest BCUT2D eigenvalue weighted by molar-refractivity contribution is 7.20. The third kappa shape index (κ3) is 2.68. The molecule has 0 radical (unpaired) electrons. The number of hydrogen-bond acceptors (Lipinski definition) is 2. The third-order valence-corrected chi connectivity index (χ3v) is 4.00. The van der Waals surface area contributed by atoms with Gasteiger partial charge in [-0.25, -0.2) is 9.98 Å². The minimum Gasteiger partial charge on any atom is -0.241 e. The van der Waals surface area contributed by atoms with E-state index in [2.05, 4.69) is 40.3 Å². The maximum absolute atomic E-state index is 4.64. The van der Waals surface area contributed by atoms with E-state index in [-0.39, 0.29) is 0 Å². The molecule has 1 aromatic heterocycles. The highest BCUT2D eigenvalue weighted by atomic mass is 32.1. The van der Waals surface area contributed by atoms with Gasteiger partial charge in [0.05, 0.1) is 10.6 Å². The largest absolute Gasteiger partial charge is 0.241 e. The van der Waals surface area contributed by atoms with Crippen molar-refractivity contribution in [2.45, 2.75) is 6.92 Å². The summed E-state index contributed by atoms with van der Waals surface area (Å²) in [6.07, 6.45) is 1.78. The van der Waals surface area contributed by atoms with Crippen LogP contribution in [0.3, 0.4) is 0 Å². The van der Waals surface area contributed by atoms with E-state index in [1.807, 2.05) is 37.3 Å². The molecule has 0 aliphatic rings. The molecular weight excluding hydrogens is 264 g/mol. The molecular formula is C17H14N2S. The van der Waals surface area contributed by atoms with Crippen LogP contribution in [0.2, 0.25) is 0 Å². The first-order valence-corrected chi connectivity index (χ1v) is 7.30. The van der Waals surface area contributed by atoms with Crippen molar-refractivity contribution in [3.05, 3.63) is 65.5 Å². The lowest BCUT2D eigenvalue weighted by Gasteiger charge is -1.97. The average Bonchev–Trinajstić information content (AvgIpc) is 2.92. The van der Waals surface area contributed by atoms with Crippen molar-refractivity contribution in [3.8, 4) is 0 Å². The van der Waals surface area contributed by atoms with Crippen LogP contribution in [0.5, 0.6) is 0 Å². The van der Waals surface area contributed by atoms with Crippen LogP contribution in [-0.2, 0) is 0 Å². The first-order valence-electron chi connectivity index (χ1n) is 6.48. The molecule has 2 aromatic carbocycles. The molecule has 3 rings (SSSR count). The Bertz CT molecular complexity index is 737. The van der Waals surface area contributed by atoms with Crippen molar-refractivity contribution in [2.24, 2.45) is 9.98 Å². The molecule has 0 atom stereocenters. The highest BCUT2D eigenvalue weighted by Crippen LogP contribution is 2.27. The second-order valence-electron chi connectivity index (χ2n) is 4.31. The summed E-state index contributed by atoms with van der Waals surface area (Å²) in [7, 11) is 0. The maximum Gasteiger partial charge on any atom is 0.169 e. The van der Waals surface area contributed by atoms with Gasteiger partial charge >= 0.3 is 0 Å². The fraction of sp³-hybridized carbons (Fsp3) is 0.0588. The Morgan fingerprint density at radius 1 is 1.00 bits per heavy atom. The molecule has 0 spiro atoms. The summed E-state index contributed by atoms with van der Waals surface area (Å²) in [6, 6.07) is 20.4. The fourth-order valence-electron chi connectivity index (χ4n) is 1.99. The molecule has 0 amide bonds. The van der Waals surface area contributed by atoms with Crippen LogP contribution in [0.1, 0.15) is 11.8 Å². The summed E-state index contributed by atoms with van der Waals surface area (Å²) in [5.74, 6) is 0.764. The molecule has 0 aliphatic heterocycles. The molecule has 2 nitrogen and oxygen atoms in total. The number of nitrogens with zero attached hydrogens (tertiary/aromatic N) is 2. The molecule has 3 heteroatoms. The van der Waals surface area contributed by atoms with E-state index in [9.17, 15) is 0 Å². The topological polar surface area (TPSA) is 24.7 Å². The Morgan fingerprint density at radius 2 is 1.75 bits per heavy atom. The van der Waals surface area contributed by atoms with E-state index < -0.39 is 0 Å². The second kappa shape index (κ2) is 5.80. The van der Waals surface area contributed by atoms with E-state index >= 15 is 0 Å². The zero-order valence-electron chi connectivity index (χ0n) is 11.2. The summed E-state index contributed by atoms with van der Waals surface area (Å²) < 4.78 is 1.26. The zero-order chi connectivity index (χ0) is 13.8. The predicted molar refractivity (Wildman–Crippen MR) is 88.6 cm³/mol. The Labute approximate surface area is 122 Å². The molecule has 0 N–H and O–H groups in total. The standard InChI is InChI=1S/C17H14N2S/c1-2-18-17(19-14-9-4-3-5-10-14)16-12-13-8-6-7-11-15(13)20-16/h2-12H,1H3. The van der Waals surface area contributed by atoms with Gasteiger partial charge in [-0.2, -0.15) is 0 Å². The van der Waals surface area contributed by atoms with Crippen molar-refractivity contribution >= 4 is 39.2 Å². The SMILES string of the molecule is CC=NC(=Nc1ccccc1)c1cc2ccccc2s1. The van der Waals surface area contributed by atoms with Crippen LogP contribution in [0.15, 0.2) is 70.6 Å². The van der Waals surface area contributed by atoms with E-state index in [0.29, 0.717) is 0 Å². The van der Waals surface area contributed by atoms with E-state index in [1.54, 1.807) is 17.6 Å². The molecule has 0 saturated carbocycles. The number of amidine groups is 1. The van der Waals surface area contributed by atoms with Gasteiger partial charge in [0, 0.05) is 10.9 Å². The van der Waals surface area contributed by atoms with Crippen molar-refractivity contribution < 1.29 is 0 Å². The van der Waals surface area contributed by atoms with E-state index in [0.717, 1.165) is 16.4 Å². The van der Waals surface area contributed by atoms with Crippen LogP contribution < -0.4 is 0 Å². The lowest BCUT2D eigenvalue weighted by molar-refractivity contribution is 1.47. The van der Waals surface area contributed by atoms with Crippen molar-refractivity contribution in [2.75, 3.05) is 0 Å². The summed E-state index contributed by atoms with van der Waals surface area (Å²) in [5, 5.41) is 1.24. The molecule has 1 heterocycles. The average molecular weight is 278 g/mol. The summed E-state index contributed by atoms with van der Waals surface area (Å²) in [4.78, 5) is 10.2. The zero-order valence-corrected chi connectivity index (χ0v) is 12.0. The molecule has 0 unspecified atom stereocenters. The molecule has 98 valence electrons. The van der Waals surface area contributed by atoms with Gasteiger partial charge in [0.1, 0.15) is 0 Å². The van der Waals surface area contributed by atoms with Gasteiger partial charge in [0.25, 0.3) is 0 Å². The lowest BCUT2D eigenvalue weighted by Crippen LogP contribution is -1.92. The summed E-state index contributed by atoms with van der Waals surface area (Å²) in [5.41, 5.74) is 0.922. The van der Waals surface area contributed by atoms with Crippen molar-refractivity contribution in [1.82, 2.24) is 0 Å². The maximum atomic E-state index is 4.64. The van der Waals surface area contributed by atoms with Crippen LogP contribution in [0, 0.1) is 0 Å². The highest BCUT2D eigenvalue weighted by Gasteiger charge is 2.07. The van der Waals surface area contributed by atoms with Gasteiger partial charge in [-0.05, 0) is 36.6 Å². The molecule has 20 heavy (non-hydrogen) atoms. The second-order valence-corrected chi connectivity index (χ2v) is 5.39. The minimum absolute atomic E-state index is 0.764. The quantitative estimate of drug-likeness (QED) is 0.462. The van der Waals surface area contributed by atoms with Crippen LogP contribution in [0.25, 0.3) is 10.1 Å². The number of rotatable bonds is 2. The van der Waals surface area contributed by atoms with Crippen LogP contribution in [0.4, 0.5) is 5.69 Å². The number of hydrogen-bond donors (Lipinski definition) is 0. The summed E-state index contributed by atoms with van der Waals surface area (Å²) >= 11 is 1.72. The molecule has 0 aliphatic carbocycles. The molecule has 0 saturated heterocycles. The van der Waals surface area contributed by atoms with Crippen LogP contribution >= 0.6 is 11.3 Å². The van der Waals surface area contributed by atoms with Gasteiger partial charge < -0.3 is 0 Å². The molecule has 0 bridgehead atoms. The molecule has 0 fully saturated rings. The third-order valence-electron chi connectivity index (χ3n) is 2.89. The Balaban J connectivity index is 2.08. The Kier molecular flexibility index (Phi) is 3.70. The number of aliphatic imine (C=N–C) groups is 2. The number of para-hydroxylation sites is 1. The Hall–Kier alpha value is -2.26.